The van der Waals surface area contributed by atoms with Gasteiger partial charge in [0.1, 0.15) is 0 Å². The Morgan fingerprint density at radius 1 is 1.45 bits per heavy atom. The van der Waals surface area contributed by atoms with Crippen molar-refractivity contribution in [3.05, 3.63) is 22.2 Å². The maximum absolute atomic E-state index is 12.9. The summed E-state index contributed by atoms with van der Waals surface area (Å²) in [5.41, 5.74) is 0.718. The molecule has 20 heavy (non-hydrogen) atoms. The minimum Gasteiger partial charge on any atom is -0.504 e. The molecule has 112 valence electrons. The van der Waals surface area contributed by atoms with Gasteiger partial charge in [0, 0.05) is 42.3 Å². The van der Waals surface area contributed by atoms with Crippen LogP contribution in [-0.2, 0) is 0 Å². The fraction of sp³-hybridized carbons (Fsp3) is 0.571. The van der Waals surface area contributed by atoms with E-state index >= 15 is 0 Å². The van der Waals surface area contributed by atoms with E-state index in [0.717, 1.165) is 36.2 Å². The van der Waals surface area contributed by atoms with Gasteiger partial charge < -0.3 is 15.2 Å². The first kappa shape index (κ1) is 15.5. The summed E-state index contributed by atoms with van der Waals surface area (Å²) in [6.45, 7) is 3.05. The van der Waals surface area contributed by atoms with Crippen LogP contribution in [0, 0.1) is 0 Å². The molecule has 1 aromatic rings. The van der Waals surface area contributed by atoms with E-state index in [4.69, 9.17) is 4.74 Å². The summed E-state index contributed by atoms with van der Waals surface area (Å²) in [4.78, 5) is 2.21. The van der Waals surface area contributed by atoms with Crippen molar-refractivity contribution in [3.8, 4) is 11.5 Å². The molecule has 2 N–H and O–H groups in total. The van der Waals surface area contributed by atoms with Crippen molar-refractivity contribution < 1.29 is 14.2 Å². The average molecular weight is 347 g/mol. The van der Waals surface area contributed by atoms with Gasteiger partial charge in [-0.05, 0) is 18.6 Å². The first-order chi connectivity index (χ1) is 9.67. The molecular formula is C14H20BrFN2O2. The predicted molar refractivity (Wildman–Crippen MR) is 80.1 cm³/mol. The highest BCUT2D eigenvalue weighted by atomic mass is 79.9. The van der Waals surface area contributed by atoms with Crippen molar-refractivity contribution in [2.45, 2.75) is 12.5 Å². The molecule has 6 heteroatoms. The maximum atomic E-state index is 12.9. The predicted octanol–water partition coefficient (Wildman–Crippen LogP) is 2.47. The van der Waals surface area contributed by atoms with Crippen LogP contribution >= 0.6 is 15.9 Å². The Bertz CT molecular complexity index is 453. The van der Waals surface area contributed by atoms with E-state index in [9.17, 15) is 9.50 Å². The fourth-order valence-corrected chi connectivity index (χ4v) is 3.09. The van der Waals surface area contributed by atoms with Crippen molar-refractivity contribution in [3.63, 3.8) is 0 Å². The molecule has 1 aliphatic heterocycles. The van der Waals surface area contributed by atoms with E-state index in [2.05, 4.69) is 26.1 Å². The lowest BCUT2D eigenvalue weighted by atomic mass is 10.00. The van der Waals surface area contributed by atoms with E-state index < -0.39 is 6.67 Å². The quantitative estimate of drug-likeness (QED) is 0.859. The van der Waals surface area contributed by atoms with E-state index in [1.807, 2.05) is 6.07 Å². The number of halogens is 2. The topological polar surface area (TPSA) is 44.7 Å². The SMILES string of the molecule is COc1cc(Br)cc([C@@H](CCF)N2CCNCC2)c1O. The van der Waals surface area contributed by atoms with Crippen molar-refractivity contribution >= 4 is 15.9 Å². The van der Waals surface area contributed by atoms with Crippen LogP contribution in [0.1, 0.15) is 18.0 Å². The fourth-order valence-electron chi connectivity index (χ4n) is 2.64. The zero-order valence-electron chi connectivity index (χ0n) is 11.5. The Balaban J connectivity index is 2.35. The Kier molecular flexibility index (Phi) is 5.63. The number of aromatic hydroxyl groups is 1. The standard InChI is InChI=1S/C14H20BrFN2O2/c1-20-13-9-10(15)8-11(14(13)19)12(2-3-16)18-6-4-17-5-7-18/h8-9,12,17,19H,2-7H2,1H3/t12-/m1/s1. The summed E-state index contributed by atoms with van der Waals surface area (Å²) in [6, 6.07) is 3.43. The van der Waals surface area contributed by atoms with Crippen LogP contribution < -0.4 is 10.1 Å². The highest BCUT2D eigenvalue weighted by molar-refractivity contribution is 9.10. The summed E-state index contributed by atoms with van der Waals surface area (Å²) in [7, 11) is 1.51. The minimum atomic E-state index is -0.414. The lowest BCUT2D eigenvalue weighted by Gasteiger charge is -2.35. The van der Waals surface area contributed by atoms with Crippen LogP contribution in [0.25, 0.3) is 0 Å². The van der Waals surface area contributed by atoms with Gasteiger partial charge in [0.05, 0.1) is 13.8 Å². The molecule has 0 bridgehead atoms. The molecular weight excluding hydrogens is 327 g/mol. The van der Waals surface area contributed by atoms with Gasteiger partial charge in [0.15, 0.2) is 11.5 Å². The molecule has 0 unspecified atom stereocenters. The molecule has 1 aromatic carbocycles. The van der Waals surface area contributed by atoms with E-state index in [0.29, 0.717) is 12.2 Å². The molecule has 0 saturated carbocycles. The minimum absolute atomic E-state index is 0.104. The van der Waals surface area contributed by atoms with Crippen LogP contribution in [0.15, 0.2) is 16.6 Å². The highest BCUT2D eigenvalue weighted by Gasteiger charge is 2.26. The first-order valence-corrected chi connectivity index (χ1v) is 7.53. The maximum Gasteiger partial charge on any atom is 0.162 e. The van der Waals surface area contributed by atoms with Crippen LogP contribution in [0.3, 0.4) is 0 Å². The second-order valence-corrected chi connectivity index (χ2v) is 5.74. The number of benzene rings is 1. The molecule has 1 heterocycles. The monoisotopic (exact) mass is 346 g/mol. The molecule has 0 aliphatic carbocycles. The lowest BCUT2D eigenvalue weighted by molar-refractivity contribution is 0.154. The number of ether oxygens (including phenoxy) is 1. The number of alkyl halides is 1. The van der Waals surface area contributed by atoms with Gasteiger partial charge in [0.25, 0.3) is 0 Å². The second kappa shape index (κ2) is 7.24. The Morgan fingerprint density at radius 2 is 2.15 bits per heavy atom. The largest absolute Gasteiger partial charge is 0.504 e. The molecule has 2 rings (SSSR count). The average Bonchev–Trinajstić information content (AvgIpc) is 2.48. The Hall–Kier alpha value is -0.850. The molecule has 1 aliphatic rings. The summed E-state index contributed by atoms with van der Waals surface area (Å²) in [5.74, 6) is 0.515. The van der Waals surface area contributed by atoms with Gasteiger partial charge in [-0.15, -0.1) is 0 Å². The number of phenolic OH excluding ortho intramolecular Hbond substituents is 1. The van der Waals surface area contributed by atoms with Gasteiger partial charge in [-0.3, -0.25) is 9.29 Å². The third-order valence-electron chi connectivity index (χ3n) is 3.62. The Morgan fingerprint density at radius 3 is 2.75 bits per heavy atom. The van der Waals surface area contributed by atoms with Crippen LogP contribution in [0.2, 0.25) is 0 Å². The number of piperazine rings is 1. The number of nitrogens with one attached hydrogen (secondary N) is 1. The molecule has 1 fully saturated rings. The Labute approximate surface area is 127 Å². The van der Waals surface area contributed by atoms with Gasteiger partial charge >= 0.3 is 0 Å². The molecule has 4 nitrogen and oxygen atoms in total. The molecule has 0 radical (unpaired) electrons. The highest BCUT2D eigenvalue weighted by Crippen LogP contribution is 2.40. The number of rotatable bonds is 5. The third-order valence-corrected chi connectivity index (χ3v) is 4.08. The van der Waals surface area contributed by atoms with Crippen molar-refractivity contribution in [2.24, 2.45) is 0 Å². The zero-order valence-corrected chi connectivity index (χ0v) is 13.1. The summed E-state index contributed by atoms with van der Waals surface area (Å²) >= 11 is 3.42. The third kappa shape index (κ3) is 3.42. The van der Waals surface area contributed by atoms with Crippen LogP contribution in [0.4, 0.5) is 4.39 Å². The lowest BCUT2D eigenvalue weighted by Crippen LogP contribution is -2.45. The van der Waals surface area contributed by atoms with Crippen molar-refractivity contribution in [2.75, 3.05) is 40.0 Å². The number of hydrogen-bond acceptors (Lipinski definition) is 4. The number of phenols is 1. The van der Waals surface area contributed by atoms with Gasteiger partial charge in [-0.25, -0.2) is 0 Å². The van der Waals surface area contributed by atoms with Crippen molar-refractivity contribution in [1.82, 2.24) is 10.2 Å². The summed E-state index contributed by atoms with van der Waals surface area (Å²) < 4.78 is 18.9. The first-order valence-electron chi connectivity index (χ1n) is 6.74. The smallest absolute Gasteiger partial charge is 0.162 e. The second-order valence-electron chi connectivity index (χ2n) is 4.83. The number of methoxy groups -OCH3 is 1. The normalized spacial score (nSPS) is 17.9. The van der Waals surface area contributed by atoms with Gasteiger partial charge in [-0.2, -0.15) is 0 Å². The van der Waals surface area contributed by atoms with E-state index in [-0.39, 0.29) is 11.8 Å². The van der Waals surface area contributed by atoms with Crippen molar-refractivity contribution in [1.29, 1.82) is 0 Å². The van der Waals surface area contributed by atoms with Crippen LogP contribution in [-0.4, -0.2) is 50.0 Å². The van der Waals surface area contributed by atoms with E-state index in [1.165, 1.54) is 7.11 Å². The zero-order chi connectivity index (χ0) is 14.5. The summed E-state index contributed by atoms with van der Waals surface area (Å²) in [6.07, 6.45) is 0.368. The number of nitrogens with zero attached hydrogens (tertiary/aromatic N) is 1. The summed E-state index contributed by atoms with van der Waals surface area (Å²) in [5, 5.41) is 13.6. The molecule has 0 aromatic heterocycles. The van der Waals surface area contributed by atoms with Crippen LogP contribution in [0.5, 0.6) is 11.5 Å². The molecule has 1 saturated heterocycles. The van der Waals surface area contributed by atoms with Gasteiger partial charge in [-0.1, -0.05) is 15.9 Å². The molecule has 0 spiro atoms. The van der Waals surface area contributed by atoms with E-state index in [1.54, 1.807) is 6.07 Å². The number of hydrogen-bond donors (Lipinski definition) is 2. The molecule has 1 atom stereocenters. The molecule has 0 amide bonds. The van der Waals surface area contributed by atoms with Gasteiger partial charge in [0.2, 0.25) is 0 Å².